The summed E-state index contributed by atoms with van der Waals surface area (Å²) in [5, 5.41) is 7.56. The van der Waals surface area contributed by atoms with Gasteiger partial charge in [-0.1, -0.05) is 6.58 Å². The molecule has 2 aromatic rings. The molecule has 0 saturated heterocycles. The first-order valence-electron chi connectivity index (χ1n) is 6.94. The van der Waals surface area contributed by atoms with Gasteiger partial charge in [0.1, 0.15) is 5.82 Å². The van der Waals surface area contributed by atoms with Crippen molar-refractivity contribution in [3.8, 4) is 11.5 Å². The number of carbonyl (C=O) groups excluding carboxylic acids is 1. The molecule has 0 unspecified atom stereocenters. The van der Waals surface area contributed by atoms with Crippen molar-refractivity contribution >= 4 is 5.97 Å². The Morgan fingerprint density at radius 2 is 1.96 bits per heavy atom. The molecule has 0 aliphatic rings. The van der Waals surface area contributed by atoms with Crippen molar-refractivity contribution in [1.29, 1.82) is 0 Å². The maximum absolute atomic E-state index is 10.4. The third-order valence-electron chi connectivity index (χ3n) is 2.46. The highest BCUT2D eigenvalue weighted by Crippen LogP contribution is 2.14. The average molecular weight is 320 g/mol. The molecule has 23 heavy (non-hydrogen) atoms. The van der Waals surface area contributed by atoms with Crippen LogP contribution in [0.5, 0.6) is 0 Å². The van der Waals surface area contributed by atoms with Crippen LogP contribution < -0.4 is 0 Å². The normalized spacial score (nSPS) is 9.70. The SMILES string of the molecule is C=CC(=O)OCCCOC.Cc1ncc(-c2nnc(C)o2)cn1. The van der Waals surface area contributed by atoms with Gasteiger partial charge in [0, 0.05) is 45.5 Å². The van der Waals surface area contributed by atoms with Crippen molar-refractivity contribution in [2.45, 2.75) is 20.3 Å². The summed E-state index contributed by atoms with van der Waals surface area (Å²) in [4.78, 5) is 18.4. The Morgan fingerprint density at radius 1 is 1.26 bits per heavy atom. The molecule has 8 nitrogen and oxygen atoms in total. The minimum Gasteiger partial charge on any atom is -0.462 e. The number of esters is 1. The van der Waals surface area contributed by atoms with Gasteiger partial charge in [0.25, 0.3) is 5.89 Å². The number of rotatable bonds is 6. The molecule has 0 atom stereocenters. The van der Waals surface area contributed by atoms with E-state index in [0.29, 0.717) is 25.0 Å². The second kappa shape index (κ2) is 10.2. The lowest BCUT2D eigenvalue weighted by atomic mass is 10.3. The second-order valence-electron chi connectivity index (χ2n) is 4.36. The Balaban J connectivity index is 0.000000241. The third-order valence-corrected chi connectivity index (χ3v) is 2.46. The Hall–Kier alpha value is -2.61. The maximum atomic E-state index is 10.4. The van der Waals surface area contributed by atoms with Crippen molar-refractivity contribution in [2.75, 3.05) is 20.3 Å². The maximum Gasteiger partial charge on any atom is 0.330 e. The molecule has 0 aliphatic heterocycles. The van der Waals surface area contributed by atoms with E-state index >= 15 is 0 Å². The molecule has 0 N–H and O–H groups in total. The van der Waals surface area contributed by atoms with Gasteiger partial charge in [0.15, 0.2) is 0 Å². The fraction of sp³-hybridized carbons (Fsp3) is 0.400. The highest BCUT2D eigenvalue weighted by molar-refractivity contribution is 5.81. The first kappa shape index (κ1) is 18.4. The van der Waals surface area contributed by atoms with Gasteiger partial charge < -0.3 is 13.9 Å². The molecule has 8 heteroatoms. The summed E-state index contributed by atoms with van der Waals surface area (Å²) < 4.78 is 14.6. The predicted octanol–water partition coefficient (Wildman–Crippen LogP) is 1.90. The third kappa shape index (κ3) is 7.28. The van der Waals surface area contributed by atoms with Crippen LogP contribution in [0.2, 0.25) is 0 Å². The van der Waals surface area contributed by atoms with Gasteiger partial charge in [-0.25, -0.2) is 14.8 Å². The molecule has 124 valence electrons. The van der Waals surface area contributed by atoms with Gasteiger partial charge in [0.05, 0.1) is 12.2 Å². The lowest BCUT2D eigenvalue weighted by molar-refractivity contribution is -0.138. The zero-order chi connectivity index (χ0) is 17.1. The van der Waals surface area contributed by atoms with Crippen molar-refractivity contribution in [2.24, 2.45) is 0 Å². The quantitative estimate of drug-likeness (QED) is 0.452. The second-order valence-corrected chi connectivity index (χ2v) is 4.36. The van der Waals surface area contributed by atoms with Crippen LogP contribution in [0.15, 0.2) is 29.5 Å². The van der Waals surface area contributed by atoms with E-state index in [-0.39, 0.29) is 5.97 Å². The van der Waals surface area contributed by atoms with Crippen LogP contribution in [0, 0.1) is 13.8 Å². The van der Waals surface area contributed by atoms with Gasteiger partial charge in [-0.15, -0.1) is 10.2 Å². The number of aromatic nitrogens is 4. The van der Waals surface area contributed by atoms with E-state index < -0.39 is 0 Å². The van der Waals surface area contributed by atoms with Gasteiger partial charge in [-0.2, -0.15) is 0 Å². The first-order valence-corrected chi connectivity index (χ1v) is 6.94. The van der Waals surface area contributed by atoms with E-state index in [0.717, 1.165) is 23.9 Å². The number of carbonyl (C=O) groups is 1. The number of hydrogen-bond acceptors (Lipinski definition) is 8. The van der Waals surface area contributed by atoms with Crippen molar-refractivity contribution < 1.29 is 18.7 Å². The summed E-state index contributed by atoms with van der Waals surface area (Å²) in [6.45, 7) is 7.83. The number of ether oxygens (including phenoxy) is 2. The van der Waals surface area contributed by atoms with Crippen LogP contribution in [-0.4, -0.2) is 46.5 Å². The average Bonchev–Trinajstić information content (AvgIpc) is 2.99. The predicted molar refractivity (Wildman–Crippen MR) is 82.4 cm³/mol. The Kier molecular flexibility index (Phi) is 8.16. The van der Waals surface area contributed by atoms with Crippen molar-refractivity contribution in [3.63, 3.8) is 0 Å². The van der Waals surface area contributed by atoms with Gasteiger partial charge >= 0.3 is 5.97 Å². The van der Waals surface area contributed by atoms with Crippen LogP contribution in [0.1, 0.15) is 18.1 Å². The van der Waals surface area contributed by atoms with Crippen LogP contribution in [-0.2, 0) is 14.3 Å². The molecule has 2 heterocycles. The summed E-state index contributed by atoms with van der Waals surface area (Å²) in [6.07, 6.45) is 5.20. The molecule has 2 rings (SSSR count). The number of hydrogen-bond donors (Lipinski definition) is 0. The van der Waals surface area contributed by atoms with E-state index in [2.05, 4.69) is 31.5 Å². The van der Waals surface area contributed by atoms with Gasteiger partial charge in [-0.05, 0) is 6.92 Å². The van der Waals surface area contributed by atoms with Crippen LogP contribution in [0.3, 0.4) is 0 Å². The lowest BCUT2D eigenvalue weighted by Crippen LogP contribution is -2.03. The zero-order valence-electron chi connectivity index (χ0n) is 13.5. The van der Waals surface area contributed by atoms with Crippen molar-refractivity contribution in [3.05, 3.63) is 36.8 Å². The summed E-state index contributed by atoms with van der Waals surface area (Å²) in [6, 6.07) is 0. The number of nitrogens with zero attached hydrogens (tertiary/aromatic N) is 4. The highest BCUT2D eigenvalue weighted by atomic mass is 16.5. The fourth-order valence-electron chi connectivity index (χ4n) is 1.35. The fourth-order valence-corrected chi connectivity index (χ4v) is 1.35. The number of methoxy groups -OCH3 is 1. The first-order chi connectivity index (χ1) is 11.1. The zero-order valence-corrected chi connectivity index (χ0v) is 13.5. The molecular weight excluding hydrogens is 300 g/mol. The van der Waals surface area contributed by atoms with Crippen LogP contribution >= 0.6 is 0 Å². The molecule has 0 aliphatic carbocycles. The summed E-state index contributed by atoms with van der Waals surface area (Å²) >= 11 is 0. The van der Waals surface area contributed by atoms with Gasteiger partial charge in [0.2, 0.25) is 5.89 Å². The Morgan fingerprint density at radius 3 is 2.48 bits per heavy atom. The van der Waals surface area contributed by atoms with Gasteiger partial charge in [-0.3, -0.25) is 0 Å². The summed E-state index contributed by atoms with van der Waals surface area (Å²) in [7, 11) is 1.61. The minimum atomic E-state index is -0.379. The lowest BCUT2D eigenvalue weighted by Gasteiger charge is -1.99. The molecule has 0 spiro atoms. The Labute approximate surface area is 134 Å². The van der Waals surface area contributed by atoms with Crippen LogP contribution in [0.25, 0.3) is 11.5 Å². The molecule has 0 amide bonds. The molecule has 0 fully saturated rings. The molecule has 0 saturated carbocycles. The van der Waals surface area contributed by atoms with Crippen LogP contribution in [0.4, 0.5) is 0 Å². The molecule has 0 aromatic carbocycles. The van der Waals surface area contributed by atoms with E-state index in [4.69, 9.17) is 9.15 Å². The standard InChI is InChI=1S/C8H8N4O.C7H12O3/c1-5-9-3-7(4-10-5)8-12-11-6(2)13-8;1-3-7(8)10-6-4-5-9-2/h3-4H,1-2H3;3H,1,4-6H2,2H3. The highest BCUT2D eigenvalue weighted by Gasteiger charge is 2.05. The molecular formula is C15H20N4O4. The van der Waals surface area contributed by atoms with E-state index in [9.17, 15) is 4.79 Å². The van der Waals surface area contributed by atoms with E-state index in [1.165, 1.54) is 0 Å². The largest absolute Gasteiger partial charge is 0.462 e. The van der Waals surface area contributed by atoms with Crippen molar-refractivity contribution in [1.82, 2.24) is 20.2 Å². The van der Waals surface area contributed by atoms with E-state index in [1.54, 1.807) is 26.4 Å². The molecule has 2 aromatic heterocycles. The summed E-state index contributed by atoms with van der Waals surface area (Å²) in [5.74, 6) is 1.34. The number of aryl methyl sites for hydroxylation is 2. The van der Waals surface area contributed by atoms with E-state index in [1.807, 2.05) is 6.92 Å². The molecule has 0 radical (unpaired) electrons. The smallest absolute Gasteiger partial charge is 0.330 e. The topological polar surface area (TPSA) is 100 Å². The monoisotopic (exact) mass is 320 g/mol. The molecule has 0 bridgehead atoms. The minimum absolute atomic E-state index is 0.379. The Bertz CT molecular complexity index is 610. The summed E-state index contributed by atoms with van der Waals surface area (Å²) in [5.41, 5.74) is 0.742.